The van der Waals surface area contributed by atoms with Crippen molar-refractivity contribution in [3.05, 3.63) is 35.4 Å². The van der Waals surface area contributed by atoms with Crippen LogP contribution in [0.1, 0.15) is 28.8 Å². The molecule has 0 radical (unpaired) electrons. The second kappa shape index (κ2) is 4.56. The van der Waals surface area contributed by atoms with Gasteiger partial charge in [-0.15, -0.1) is 0 Å². The molecule has 1 atom stereocenters. The molecule has 1 aromatic carbocycles. The Kier molecular flexibility index (Phi) is 3.41. The van der Waals surface area contributed by atoms with Gasteiger partial charge in [0.25, 0.3) is 5.91 Å². The SMILES string of the molecule is CC(C(N)=O)c1ccc(C(=O)NN)cc1. The maximum absolute atomic E-state index is 11.1. The van der Waals surface area contributed by atoms with Crippen molar-refractivity contribution in [1.82, 2.24) is 5.43 Å². The monoisotopic (exact) mass is 207 g/mol. The van der Waals surface area contributed by atoms with E-state index in [2.05, 4.69) is 0 Å². The number of amides is 2. The van der Waals surface area contributed by atoms with Crippen LogP contribution in [-0.2, 0) is 4.79 Å². The van der Waals surface area contributed by atoms with Crippen molar-refractivity contribution >= 4 is 11.8 Å². The smallest absolute Gasteiger partial charge is 0.265 e. The molecule has 0 saturated carbocycles. The van der Waals surface area contributed by atoms with E-state index in [1.54, 1.807) is 31.2 Å². The van der Waals surface area contributed by atoms with Crippen LogP contribution in [0, 0.1) is 0 Å². The standard InChI is InChI=1S/C10H13N3O2/c1-6(9(11)14)7-2-4-8(5-3-7)10(15)13-12/h2-6H,12H2,1H3,(H2,11,14)(H,13,15). The summed E-state index contributed by atoms with van der Waals surface area (Å²) in [6.45, 7) is 1.71. The number of hydrogen-bond donors (Lipinski definition) is 3. The Labute approximate surface area is 87.4 Å². The van der Waals surface area contributed by atoms with Gasteiger partial charge in [-0.3, -0.25) is 15.0 Å². The number of hydrazine groups is 1. The Balaban J connectivity index is 2.90. The van der Waals surface area contributed by atoms with Gasteiger partial charge in [0.15, 0.2) is 0 Å². The molecule has 2 amide bonds. The summed E-state index contributed by atoms with van der Waals surface area (Å²) < 4.78 is 0. The van der Waals surface area contributed by atoms with Crippen LogP contribution in [-0.4, -0.2) is 11.8 Å². The third-order valence-corrected chi connectivity index (χ3v) is 2.23. The van der Waals surface area contributed by atoms with Crippen LogP contribution < -0.4 is 17.0 Å². The minimum absolute atomic E-state index is 0.361. The first-order valence-electron chi connectivity index (χ1n) is 4.46. The molecule has 0 aliphatic carbocycles. The fraction of sp³-hybridized carbons (Fsp3) is 0.200. The second-order valence-corrected chi connectivity index (χ2v) is 3.22. The Morgan fingerprint density at radius 3 is 2.20 bits per heavy atom. The topological polar surface area (TPSA) is 98.2 Å². The molecule has 0 saturated heterocycles. The average molecular weight is 207 g/mol. The second-order valence-electron chi connectivity index (χ2n) is 3.22. The summed E-state index contributed by atoms with van der Waals surface area (Å²) in [5.74, 6) is 3.85. The van der Waals surface area contributed by atoms with Crippen molar-refractivity contribution in [2.24, 2.45) is 11.6 Å². The van der Waals surface area contributed by atoms with E-state index < -0.39 is 5.91 Å². The van der Waals surface area contributed by atoms with Gasteiger partial charge in [0.2, 0.25) is 5.91 Å². The van der Waals surface area contributed by atoms with E-state index in [1.165, 1.54) is 0 Å². The number of nitrogens with one attached hydrogen (secondary N) is 1. The summed E-state index contributed by atoms with van der Waals surface area (Å²) in [6.07, 6.45) is 0. The molecule has 0 aliphatic heterocycles. The molecule has 15 heavy (non-hydrogen) atoms. The number of primary amides is 1. The summed E-state index contributed by atoms with van der Waals surface area (Å²) in [4.78, 5) is 22.0. The number of nitrogen functional groups attached to an aromatic ring is 1. The quantitative estimate of drug-likeness (QED) is 0.366. The molecular formula is C10H13N3O2. The molecule has 0 aromatic heterocycles. The summed E-state index contributed by atoms with van der Waals surface area (Å²) in [7, 11) is 0. The Bertz CT molecular complexity index is 373. The third-order valence-electron chi connectivity index (χ3n) is 2.23. The van der Waals surface area contributed by atoms with Gasteiger partial charge in [0, 0.05) is 5.56 Å². The van der Waals surface area contributed by atoms with E-state index in [0.717, 1.165) is 5.56 Å². The lowest BCUT2D eigenvalue weighted by Crippen LogP contribution is -2.30. The summed E-state index contributed by atoms with van der Waals surface area (Å²) in [5, 5.41) is 0. The number of hydrogen-bond acceptors (Lipinski definition) is 3. The highest BCUT2D eigenvalue weighted by molar-refractivity contribution is 5.93. The van der Waals surface area contributed by atoms with Crippen LogP contribution >= 0.6 is 0 Å². The van der Waals surface area contributed by atoms with E-state index in [1.807, 2.05) is 5.43 Å². The predicted octanol–water partition coefficient (Wildman–Crippen LogP) is -0.121. The molecule has 0 heterocycles. The molecule has 0 fully saturated rings. The molecule has 1 aromatic rings. The van der Waals surface area contributed by atoms with E-state index in [0.29, 0.717) is 5.56 Å². The zero-order valence-electron chi connectivity index (χ0n) is 8.36. The normalized spacial score (nSPS) is 11.9. The van der Waals surface area contributed by atoms with Crippen molar-refractivity contribution in [3.63, 3.8) is 0 Å². The van der Waals surface area contributed by atoms with Crippen LogP contribution in [0.4, 0.5) is 0 Å². The van der Waals surface area contributed by atoms with Gasteiger partial charge in [-0.2, -0.15) is 0 Å². The zero-order chi connectivity index (χ0) is 11.4. The van der Waals surface area contributed by atoms with Crippen LogP contribution in [0.25, 0.3) is 0 Å². The van der Waals surface area contributed by atoms with Crippen molar-refractivity contribution in [2.45, 2.75) is 12.8 Å². The molecule has 5 N–H and O–H groups in total. The fourth-order valence-electron chi connectivity index (χ4n) is 1.17. The Hall–Kier alpha value is -1.88. The molecule has 80 valence electrons. The highest BCUT2D eigenvalue weighted by Crippen LogP contribution is 2.15. The van der Waals surface area contributed by atoms with E-state index in [9.17, 15) is 9.59 Å². The van der Waals surface area contributed by atoms with E-state index in [4.69, 9.17) is 11.6 Å². The van der Waals surface area contributed by atoms with Gasteiger partial charge in [0.05, 0.1) is 5.92 Å². The number of carbonyl (C=O) groups excluding carboxylic acids is 2. The highest BCUT2D eigenvalue weighted by atomic mass is 16.2. The van der Waals surface area contributed by atoms with E-state index in [-0.39, 0.29) is 11.8 Å². The number of nitrogens with two attached hydrogens (primary N) is 2. The largest absolute Gasteiger partial charge is 0.369 e. The molecule has 5 nitrogen and oxygen atoms in total. The Morgan fingerprint density at radius 2 is 1.80 bits per heavy atom. The van der Waals surface area contributed by atoms with Crippen LogP contribution in [0.2, 0.25) is 0 Å². The van der Waals surface area contributed by atoms with Crippen LogP contribution in [0.15, 0.2) is 24.3 Å². The van der Waals surface area contributed by atoms with Gasteiger partial charge < -0.3 is 5.73 Å². The first-order chi connectivity index (χ1) is 7.06. The average Bonchev–Trinajstić information content (AvgIpc) is 2.27. The highest BCUT2D eigenvalue weighted by Gasteiger charge is 2.11. The van der Waals surface area contributed by atoms with Gasteiger partial charge in [-0.25, -0.2) is 5.84 Å². The minimum Gasteiger partial charge on any atom is -0.369 e. The van der Waals surface area contributed by atoms with Crippen molar-refractivity contribution in [1.29, 1.82) is 0 Å². The molecule has 0 aliphatic rings. The number of benzene rings is 1. The van der Waals surface area contributed by atoms with E-state index >= 15 is 0 Å². The molecule has 1 rings (SSSR count). The predicted molar refractivity (Wildman–Crippen MR) is 55.7 cm³/mol. The van der Waals surface area contributed by atoms with Gasteiger partial charge in [0.1, 0.15) is 0 Å². The number of rotatable bonds is 3. The molecule has 5 heteroatoms. The maximum Gasteiger partial charge on any atom is 0.265 e. The first kappa shape index (κ1) is 11.2. The van der Waals surface area contributed by atoms with Crippen LogP contribution in [0.5, 0.6) is 0 Å². The van der Waals surface area contributed by atoms with Gasteiger partial charge in [-0.1, -0.05) is 12.1 Å². The first-order valence-corrected chi connectivity index (χ1v) is 4.46. The van der Waals surface area contributed by atoms with Crippen LogP contribution in [0.3, 0.4) is 0 Å². The fourth-order valence-corrected chi connectivity index (χ4v) is 1.17. The summed E-state index contributed by atoms with van der Waals surface area (Å²) in [6, 6.07) is 6.55. The van der Waals surface area contributed by atoms with Crippen molar-refractivity contribution < 1.29 is 9.59 Å². The zero-order valence-corrected chi connectivity index (χ0v) is 8.36. The Morgan fingerprint density at radius 1 is 1.27 bits per heavy atom. The molecule has 1 unspecified atom stereocenters. The van der Waals surface area contributed by atoms with Crippen molar-refractivity contribution in [3.8, 4) is 0 Å². The summed E-state index contributed by atoms with van der Waals surface area (Å²) >= 11 is 0. The molecular weight excluding hydrogens is 194 g/mol. The van der Waals surface area contributed by atoms with Crippen molar-refractivity contribution in [2.75, 3.05) is 0 Å². The summed E-state index contributed by atoms with van der Waals surface area (Å²) in [5.41, 5.74) is 8.39. The maximum atomic E-state index is 11.1. The molecule has 0 bridgehead atoms. The molecule has 0 spiro atoms. The number of carbonyl (C=O) groups is 2. The lowest BCUT2D eigenvalue weighted by Gasteiger charge is -2.07. The van der Waals surface area contributed by atoms with Gasteiger partial charge in [-0.05, 0) is 24.6 Å². The third kappa shape index (κ3) is 2.54. The van der Waals surface area contributed by atoms with Gasteiger partial charge >= 0.3 is 0 Å². The minimum atomic E-state index is -0.397. The lowest BCUT2D eigenvalue weighted by molar-refractivity contribution is -0.119. The lowest BCUT2D eigenvalue weighted by atomic mass is 9.99.